The summed E-state index contributed by atoms with van der Waals surface area (Å²) in [5, 5.41) is 3.32. The minimum Gasteiger partial charge on any atom is -0.454 e. The molecule has 0 amide bonds. The highest BCUT2D eigenvalue weighted by Crippen LogP contribution is 2.57. The smallest absolute Gasteiger partial charge is 0.337 e. The molecule has 0 bridgehead atoms. The van der Waals surface area contributed by atoms with Crippen LogP contribution in [0.3, 0.4) is 0 Å². The number of nitrogens with zero attached hydrogens (tertiary/aromatic N) is 3. The van der Waals surface area contributed by atoms with E-state index < -0.39 is 0 Å². The second-order valence-electron chi connectivity index (χ2n) is 32.7. The minimum absolute atomic E-state index is 0.00310. The van der Waals surface area contributed by atoms with E-state index in [0.717, 1.165) is 115 Å². The van der Waals surface area contributed by atoms with Gasteiger partial charge in [-0.3, -0.25) is 4.90 Å². The van der Waals surface area contributed by atoms with Crippen molar-refractivity contribution in [3.8, 4) is 22.3 Å². The highest BCUT2D eigenvalue weighted by atomic mass is 16.4. The molecule has 15 rings (SSSR count). The largest absolute Gasteiger partial charge is 0.454 e. The number of rotatable bonds is 6. The van der Waals surface area contributed by atoms with E-state index in [1.807, 2.05) is 0 Å². The van der Waals surface area contributed by atoms with Crippen LogP contribution in [0.2, 0.25) is 0 Å². The molecule has 0 atom stereocenters. The van der Waals surface area contributed by atoms with Gasteiger partial charge in [0.15, 0.2) is 5.58 Å². The first kappa shape index (κ1) is 58.2. The fourth-order valence-corrected chi connectivity index (χ4v) is 15.9. The summed E-state index contributed by atoms with van der Waals surface area (Å²) in [4.78, 5) is 7.70. The molecule has 0 saturated heterocycles. The second-order valence-corrected chi connectivity index (χ2v) is 32.7. The number of hydrogen-bond donors (Lipinski definition) is 0. The normalized spacial score (nSPS) is 17.1. The molecule has 0 fully saturated rings. The van der Waals surface area contributed by atoms with Crippen molar-refractivity contribution in [2.24, 2.45) is 0 Å². The van der Waals surface area contributed by atoms with Gasteiger partial charge in [-0.25, -0.2) is 0 Å². The Morgan fingerprint density at radius 3 is 1.54 bits per heavy atom. The van der Waals surface area contributed by atoms with Crippen molar-refractivity contribution in [3.05, 3.63) is 215 Å². The molecule has 0 unspecified atom stereocenters. The van der Waals surface area contributed by atoms with Crippen LogP contribution in [-0.4, -0.2) is 6.85 Å². The third-order valence-corrected chi connectivity index (χ3v) is 21.7. The standard InChI is InChI=1S/C84H88BN3O2/c1-78(2,3)52-27-32-55(33-28-52)86(56-34-29-53(30-35-56)79(4,5)6)57-37-40-70-61(46-57)62-48-63-59-25-21-22-26-71(59)89-76(63)75-73(62)85(88(70)58-36-38-65-66(47-58)82(12,13)42-41-81(65,10)11)74-64-49-67-68(84(16,17)44-43-83(67,14)15)50-72(64)90-77(74)87(75)69-39-31-54(80(7,8)9)45-60(69)51-23-19-18-20-24-51/h18-40,45-50H,41-44H2,1-17H3. The van der Waals surface area contributed by atoms with E-state index in [-0.39, 0.29) is 44.8 Å². The Bertz CT molecular complexity index is 4660. The maximum absolute atomic E-state index is 7.93. The molecule has 0 spiro atoms. The summed E-state index contributed by atoms with van der Waals surface area (Å²) in [5.74, 6) is 0.827. The Hall–Kier alpha value is -8.22. The summed E-state index contributed by atoms with van der Waals surface area (Å²) in [6, 6.07) is 67.7. The van der Waals surface area contributed by atoms with Crippen molar-refractivity contribution < 1.29 is 8.83 Å². The first-order chi connectivity index (χ1) is 42.5. The molecule has 9 aromatic carbocycles. The number of furan rings is 2. The molecule has 2 aromatic heterocycles. The van der Waals surface area contributed by atoms with Crippen LogP contribution >= 0.6 is 0 Å². The second kappa shape index (κ2) is 19.6. The molecule has 5 nitrogen and oxygen atoms in total. The Balaban J connectivity index is 1.11. The van der Waals surface area contributed by atoms with Crippen LogP contribution in [0.1, 0.15) is 182 Å². The minimum atomic E-state index is -0.353. The van der Waals surface area contributed by atoms with Crippen molar-refractivity contribution in [2.45, 2.75) is 181 Å². The Morgan fingerprint density at radius 2 is 0.933 bits per heavy atom. The molecule has 0 N–H and O–H groups in total. The first-order valence-corrected chi connectivity index (χ1v) is 33.2. The summed E-state index contributed by atoms with van der Waals surface area (Å²) in [6.07, 6.45) is 4.46. The van der Waals surface area contributed by atoms with Crippen LogP contribution in [0, 0.1) is 0 Å². The van der Waals surface area contributed by atoms with Gasteiger partial charge in [-0.1, -0.05) is 203 Å². The van der Waals surface area contributed by atoms with Crippen molar-refractivity contribution in [1.29, 1.82) is 0 Å². The lowest BCUT2D eigenvalue weighted by atomic mass is 9.43. The molecule has 2 aliphatic heterocycles. The number of anilines is 8. The van der Waals surface area contributed by atoms with E-state index in [9.17, 15) is 0 Å². The van der Waals surface area contributed by atoms with Crippen LogP contribution in [0.4, 0.5) is 45.7 Å². The van der Waals surface area contributed by atoms with Gasteiger partial charge in [-0.15, -0.1) is 0 Å². The third kappa shape index (κ3) is 9.06. The predicted octanol–water partition coefficient (Wildman–Crippen LogP) is 22.8. The van der Waals surface area contributed by atoms with Crippen molar-refractivity contribution in [3.63, 3.8) is 0 Å². The van der Waals surface area contributed by atoms with Gasteiger partial charge in [0.1, 0.15) is 11.2 Å². The van der Waals surface area contributed by atoms with Gasteiger partial charge in [-0.05, 0) is 210 Å². The lowest BCUT2D eigenvalue weighted by molar-refractivity contribution is 0.332. The van der Waals surface area contributed by atoms with Crippen LogP contribution in [-0.2, 0) is 37.9 Å². The zero-order valence-corrected chi connectivity index (χ0v) is 56.3. The summed E-state index contributed by atoms with van der Waals surface area (Å²) in [5.41, 5.74) is 26.6. The number of benzene rings is 9. The Kier molecular flexibility index (Phi) is 12.7. The molecule has 4 aliphatic rings. The van der Waals surface area contributed by atoms with Crippen LogP contribution in [0.5, 0.6) is 0 Å². The zero-order valence-electron chi connectivity index (χ0n) is 56.3. The maximum Gasteiger partial charge on any atom is 0.337 e. The van der Waals surface area contributed by atoms with E-state index in [1.54, 1.807) is 0 Å². The number of para-hydroxylation sites is 1. The van der Waals surface area contributed by atoms with Gasteiger partial charge in [0.25, 0.3) is 0 Å². The van der Waals surface area contributed by atoms with E-state index in [2.05, 4.69) is 308 Å². The van der Waals surface area contributed by atoms with Crippen LogP contribution < -0.4 is 25.5 Å². The predicted molar refractivity (Wildman–Crippen MR) is 384 cm³/mol. The summed E-state index contributed by atoms with van der Waals surface area (Å²) < 4.78 is 15.4. The van der Waals surface area contributed by atoms with Gasteiger partial charge < -0.3 is 18.5 Å². The maximum atomic E-state index is 7.93. The molecule has 454 valence electrons. The van der Waals surface area contributed by atoms with Gasteiger partial charge in [0.05, 0.1) is 11.4 Å². The molecule has 2 aliphatic carbocycles. The van der Waals surface area contributed by atoms with Crippen LogP contribution in [0.25, 0.3) is 55.2 Å². The molecule has 11 aromatic rings. The molecule has 90 heavy (non-hydrogen) atoms. The Morgan fingerprint density at radius 1 is 0.400 bits per heavy atom. The van der Waals surface area contributed by atoms with Gasteiger partial charge in [0.2, 0.25) is 5.88 Å². The molecule has 6 heteroatoms. The molecular weight excluding hydrogens is 1090 g/mol. The van der Waals surface area contributed by atoms with Crippen molar-refractivity contribution >= 4 is 96.4 Å². The monoisotopic (exact) mass is 1180 g/mol. The van der Waals surface area contributed by atoms with E-state index in [0.29, 0.717) is 0 Å². The lowest BCUT2D eigenvalue weighted by Crippen LogP contribution is -2.61. The van der Waals surface area contributed by atoms with Crippen LogP contribution in [0.15, 0.2) is 185 Å². The quantitative estimate of drug-likeness (QED) is 0.155. The summed E-state index contributed by atoms with van der Waals surface area (Å²) in [6.45, 7) is 40.0. The van der Waals surface area contributed by atoms with Gasteiger partial charge in [-0.2, -0.15) is 0 Å². The number of fused-ring (bicyclic) bond motifs is 12. The van der Waals surface area contributed by atoms with Crippen molar-refractivity contribution in [1.82, 2.24) is 0 Å². The molecule has 0 radical (unpaired) electrons. The van der Waals surface area contributed by atoms with E-state index in [4.69, 9.17) is 8.83 Å². The number of hydrogen-bond acceptors (Lipinski definition) is 5. The fourth-order valence-electron chi connectivity index (χ4n) is 15.9. The molecule has 4 heterocycles. The lowest BCUT2D eigenvalue weighted by Gasteiger charge is -2.46. The van der Waals surface area contributed by atoms with Gasteiger partial charge >= 0.3 is 6.85 Å². The average molecular weight is 1180 g/mol. The zero-order chi connectivity index (χ0) is 63.1. The van der Waals surface area contributed by atoms with Crippen molar-refractivity contribution in [2.75, 3.05) is 14.6 Å². The van der Waals surface area contributed by atoms with Gasteiger partial charge in [0, 0.05) is 61.2 Å². The first-order valence-electron chi connectivity index (χ1n) is 33.2. The SMILES string of the molecule is CC(C)(C)c1ccc(N(c2ccc(C(C)(C)C)cc2)c2ccc3c(c2)-c2cc4c(oc5ccccc54)c4c2B(c2c(oc5cc6c(cc25)C(C)(C)CCC6(C)C)N4c2ccc(C(C)(C)C)cc2-c2ccccc2)N3c2ccc3c(c2)C(C)(C)CCC3(C)C)cc1. The molecular formula is C84H88BN3O2. The fraction of sp³-hybridized carbons (Fsp3) is 0.333. The average Bonchev–Trinajstić information content (AvgIpc) is 1.36. The summed E-state index contributed by atoms with van der Waals surface area (Å²) in [7, 11) is 0. The topological polar surface area (TPSA) is 36.0 Å². The van der Waals surface area contributed by atoms with E-state index in [1.165, 1.54) is 61.1 Å². The summed E-state index contributed by atoms with van der Waals surface area (Å²) >= 11 is 0. The Labute approximate surface area is 535 Å². The van der Waals surface area contributed by atoms with E-state index >= 15 is 0 Å². The highest BCUT2D eigenvalue weighted by molar-refractivity contribution is 6.95. The highest BCUT2D eigenvalue weighted by Gasteiger charge is 2.51. The molecule has 0 saturated carbocycles. The third-order valence-electron chi connectivity index (χ3n) is 21.7.